The Kier molecular flexibility index (Phi) is 12.9. The number of nitrogens with zero attached hydrogens (tertiary/aromatic N) is 2. The molecular weight excluding hydrogens is 637 g/mol. The van der Waals surface area contributed by atoms with E-state index in [0.717, 1.165) is 86.2 Å². The zero-order chi connectivity index (χ0) is 36.1. The number of hydrogen-bond acceptors (Lipinski definition) is 4. The van der Waals surface area contributed by atoms with E-state index in [-0.39, 0.29) is 0 Å². The predicted molar refractivity (Wildman–Crippen MR) is 220 cm³/mol. The minimum Gasteiger partial charge on any atom is -0.382 e. The lowest BCUT2D eigenvalue weighted by molar-refractivity contribution is 0.145. The van der Waals surface area contributed by atoms with Gasteiger partial charge in [-0.15, -0.1) is 0 Å². The molecule has 266 valence electrons. The molecule has 0 saturated heterocycles. The van der Waals surface area contributed by atoms with Crippen LogP contribution in [-0.4, -0.2) is 26.4 Å². The van der Waals surface area contributed by atoms with Crippen molar-refractivity contribution in [3.8, 4) is 11.1 Å². The fourth-order valence-electron chi connectivity index (χ4n) is 6.56. The second-order valence-corrected chi connectivity index (χ2v) is 13.4. The van der Waals surface area contributed by atoms with Crippen LogP contribution in [0.2, 0.25) is 0 Å². The van der Waals surface area contributed by atoms with Gasteiger partial charge in [0.15, 0.2) is 0 Å². The molecule has 0 spiro atoms. The number of rotatable bonds is 17. The normalized spacial score (nSPS) is 11.1. The maximum atomic E-state index is 5.55. The average molecular weight is 689 g/mol. The van der Waals surface area contributed by atoms with Gasteiger partial charge in [0.1, 0.15) is 0 Å². The van der Waals surface area contributed by atoms with Gasteiger partial charge in [0.05, 0.1) is 0 Å². The van der Waals surface area contributed by atoms with Gasteiger partial charge in [-0.1, -0.05) is 83.9 Å². The summed E-state index contributed by atoms with van der Waals surface area (Å²) in [5.41, 5.74) is 14.3. The summed E-state index contributed by atoms with van der Waals surface area (Å²) in [6.07, 6.45) is 4.10. The smallest absolute Gasteiger partial charge is 0.0469 e. The monoisotopic (exact) mass is 688 g/mol. The van der Waals surface area contributed by atoms with E-state index in [1.165, 1.54) is 33.4 Å². The molecule has 0 saturated carbocycles. The molecule has 0 unspecified atom stereocenters. The van der Waals surface area contributed by atoms with E-state index in [1.54, 1.807) is 0 Å². The molecule has 52 heavy (non-hydrogen) atoms. The molecule has 0 amide bonds. The van der Waals surface area contributed by atoms with E-state index in [2.05, 4.69) is 169 Å². The minimum atomic E-state index is 0.771. The third-order valence-electron chi connectivity index (χ3n) is 9.47. The van der Waals surface area contributed by atoms with Crippen LogP contribution in [0.15, 0.2) is 146 Å². The van der Waals surface area contributed by atoms with Crippen LogP contribution in [0.25, 0.3) is 11.1 Å². The third kappa shape index (κ3) is 9.58. The Morgan fingerprint density at radius 3 is 0.923 bits per heavy atom. The van der Waals surface area contributed by atoms with Crippen molar-refractivity contribution in [1.82, 2.24) is 0 Å². The van der Waals surface area contributed by atoms with Gasteiger partial charge in [0.2, 0.25) is 0 Å². The van der Waals surface area contributed by atoms with Crippen LogP contribution < -0.4 is 9.80 Å². The molecule has 0 atom stereocenters. The number of ether oxygens (including phenoxy) is 2. The van der Waals surface area contributed by atoms with E-state index in [9.17, 15) is 0 Å². The molecule has 0 aromatic heterocycles. The Hall–Kier alpha value is -5.16. The SMILES string of the molecule is CCOCCCc1ccc(N(c2ccc(C)cc2)c2ccc(-c3ccc(N(c4ccc(C)cc4)c4ccc(CCCOCC)cc4)cc3)cc2)cc1. The topological polar surface area (TPSA) is 24.9 Å². The van der Waals surface area contributed by atoms with Gasteiger partial charge < -0.3 is 19.3 Å². The van der Waals surface area contributed by atoms with Gasteiger partial charge in [-0.25, -0.2) is 0 Å². The van der Waals surface area contributed by atoms with Crippen LogP contribution in [0.3, 0.4) is 0 Å². The summed E-state index contributed by atoms with van der Waals surface area (Å²) in [5.74, 6) is 0. The fourth-order valence-corrected chi connectivity index (χ4v) is 6.56. The summed E-state index contributed by atoms with van der Waals surface area (Å²) in [6, 6.07) is 53.3. The molecule has 0 bridgehead atoms. The average Bonchev–Trinajstić information content (AvgIpc) is 3.18. The van der Waals surface area contributed by atoms with E-state index >= 15 is 0 Å². The van der Waals surface area contributed by atoms with E-state index in [1.807, 2.05) is 13.8 Å². The molecule has 4 nitrogen and oxygen atoms in total. The maximum absolute atomic E-state index is 5.55. The second-order valence-electron chi connectivity index (χ2n) is 13.4. The largest absolute Gasteiger partial charge is 0.382 e. The van der Waals surface area contributed by atoms with E-state index in [4.69, 9.17) is 9.47 Å². The second kappa shape index (κ2) is 18.4. The highest BCUT2D eigenvalue weighted by Gasteiger charge is 2.15. The lowest BCUT2D eigenvalue weighted by Crippen LogP contribution is -2.10. The molecular formula is C48H52N2O2. The van der Waals surface area contributed by atoms with Crippen LogP contribution in [-0.2, 0) is 22.3 Å². The molecule has 4 heteroatoms. The van der Waals surface area contributed by atoms with Gasteiger partial charge in [0, 0.05) is 60.6 Å². The Morgan fingerprint density at radius 2 is 0.635 bits per heavy atom. The zero-order valence-corrected chi connectivity index (χ0v) is 31.2. The van der Waals surface area contributed by atoms with Crippen LogP contribution in [0.5, 0.6) is 0 Å². The van der Waals surface area contributed by atoms with E-state index < -0.39 is 0 Å². The lowest BCUT2D eigenvalue weighted by Gasteiger charge is -2.26. The first kappa shape index (κ1) is 36.6. The first-order valence-electron chi connectivity index (χ1n) is 18.8. The number of hydrogen-bond donors (Lipinski definition) is 0. The quantitative estimate of drug-likeness (QED) is 0.0891. The highest BCUT2D eigenvalue weighted by Crippen LogP contribution is 2.38. The Balaban J connectivity index is 1.23. The van der Waals surface area contributed by atoms with Gasteiger partial charge in [-0.3, -0.25) is 0 Å². The standard InChI is InChI=1S/C48H52N2O2/c1-5-51-35-7-9-39-15-27-45(28-16-39)49(43-23-11-37(3)12-24-43)47-31-19-41(20-32-47)42-21-33-48(34-22-42)50(44-25-13-38(4)14-26-44)46-29-17-40(18-30-46)10-8-36-52-6-2/h11-34H,5-10,35-36H2,1-4H3. The molecule has 6 aromatic carbocycles. The van der Waals surface area contributed by atoms with Gasteiger partial charge in [0.25, 0.3) is 0 Å². The van der Waals surface area contributed by atoms with Crippen LogP contribution in [0.4, 0.5) is 34.1 Å². The van der Waals surface area contributed by atoms with Crippen molar-refractivity contribution in [2.75, 3.05) is 36.2 Å². The molecule has 6 rings (SSSR count). The molecule has 0 aliphatic heterocycles. The first-order chi connectivity index (χ1) is 25.5. The zero-order valence-electron chi connectivity index (χ0n) is 31.2. The van der Waals surface area contributed by atoms with Crippen LogP contribution in [0.1, 0.15) is 48.9 Å². The number of benzene rings is 6. The molecule has 0 heterocycles. The molecule has 0 aliphatic rings. The third-order valence-corrected chi connectivity index (χ3v) is 9.47. The van der Waals surface area contributed by atoms with Crippen molar-refractivity contribution >= 4 is 34.1 Å². The Labute approximate surface area is 311 Å². The lowest BCUT2D eigenvalue weighted by atomic mass is 10.0. The summed E-state index contributed by atoms with van der Waals surface area (Å²) in [7, 11) is 0. The highest BCUT2D eigenvalue weighted by molar-refractivity contribution is 5.81. The van der Waals surface area contributed by atoms with Crippen molar-refractivity contribution in [2.24, 2.45) is 0 Å². The van der Waals surface area contributed by atoms with Crippen molar-refractivity contribution in [1.29, 1.82) is 0 Å². The Bertz CT molecular complexity index is 1790. The predicted octanol–water partition coefficient (Wildman–Crippen LogP) is 12.8. The molecule has 0 radical (unpaired) electrons. The number of aryl methyl sites for hydroxylation is 4. The summed E-state index contributed by atoms with van der Waals surface area (Å²) in [4.78, 5) is 4.67. The van der Waals surface area contributed by atoms with Gasteiger partial charge in [-0.05, 0) is 148 Å². The maximum Gasteiger partial charge on any atom is 0.0469 e. The summed E-state index contributed by atoms with van der Waals surface area (Å²) < 4.78 is 11.1. The number of anilines is 6. The van der Waals surface area contributed by atoms with Crippen molar-refractivity contribution < 1.29 is 9.47 Å². The molecule has 6 aromatic rings. The molecule has 0 fully saturated rings. The fraction of sp³-hybridized carbons (Fsp3) is 0.250. The van der Waals surface area contributed by atoms with Crippen LogP contribution >= 0.6 is 0 Å². The summed E-state index contributed by atoms with van der Waals surface area (Å²) >= 11 is 0. The molecule has 0 aliphatic carbocycles. The van der Waals surface area contributed by atoms with Gasteiger partial charge >= 0.3 is 0 Å². The Morgan fingerprint density at radius 1 is 0.365 bits per heavy atom. The van der Waals surface area contributed by atoms with Crippen LogP contribution in [0, 0.1) is 13.8 Å². The van der Waals surface area contributed by atoms with E-state index in [0.29, 0.717) is 0 Å². The highest BCUT2D eigenvalue weighted by atomic mass is 16.5. The van der Waals surface area contributed by atoms with Crippen molar-refractivity contribution in [2.45, 2.75) is 53.4 Å². The van der Waals surface area contributed by atoms with Crippen molar-refractivity contribution in [3.05, 3.63) is 168 Å². The summed E-state index contributed by atoms with van der Waals surface area (Å²) in [5, 5.41) is 0. The minimum absolute atomic E-state index is 0.771. The summed E-state index contributed by atoms with van der Waals surface area (Å²) in [6.45, 7) is 11.5. The van der Waals surface area contributed by atoms with Crippen molar-refractivity contribution in [3.63, 3.8) is 0 Å². The first-order valence-corrected chi connectivity index (χ1v) is 18.8. The van der Waals surface area contributed by atoms with Gasteiger partial charge in [-0.2, -0.15) is 0 Å². The molecule has 0 N–H and O–H groups in total.